The molecule has 0 radical (unpaired) electrons. The number of halogens is 1. The lowest BCUT2D eigenvalue weighted by molar-refractivity contribution is 0.622. The van der Waals surface area contributed by atoms with Crippen molar-refractivity contribution < 1.29 is 4.39 Å². The van der Waals surface area contributed by atoms with Crippen LogP contribution in [-0.4, -0.2) is 6.54 Å². The highest BCUT2D eigenvalue weighted by molar-refractivity contribution is 5.47. The minimum absolute atomic E-state index is 0.0424. The zero-order chi connectivity index (χ0) is 15.1. The molecule has 0 aliphatic rings. The number of nitrogens with zero attached hydrogens (tertiary/aromatic N) is 3. The highest BCUT2D eigenvalue weighted by atomic mass is 19.1. The van der Waals surface area contributed by atoms with Crippen LogP contribution in [0.2, 0.25) is 0 Å². The Morgan fingerprint density at radius 2 is 1.81 bits per heavy atom. The van der Waals surface area contributed by atoms with Gasteiger partial charge in [-0.2, -0.15) is 10.5 Å². The van der Waals surface area contributed by atoms with Crippen LogP contribution in [0.15, 0.2) is 48.5 Å². The van der Waals surface area contributed by atoms with E-state index in [1.807, 2.05) is 41.3 Å². The summed E-state index contributed by atoms with van der Waals surface area (Å²) in [6, 6.07) is 18.2. The van der Waals surface area contributed by atoms with E-state index in [0.717, 1.165) is 11.3 Å². The lowest BCUT2D eigenvalue weighted by Gasteiger charge is -2.24. The minimum Gasteiger partial charge on any atom is -0.366 e. The number of hydrogen-bond acceptors (Lipinski definition) is 3. The molecule has 0 saturated heterocycles. The van der Waals surface area contributed by atoms with Crippen molar-refractivity contribution in [1.29, 1.82) is 10.5 Å². The van der Waals surface area contributed by atoms with E-state index in [-0.39, 0.29) is 5.56 Å². The second kappa shape index (κ2) is 7.07. The third-order valence-corrected chi connectivity index (χ3v) is 3.14. The second-order valence-electron chi connectivity index (χ2n) is 4.59. The Hall–Kier alpha value is -2.85. The Morgan fingerprint density at radius 1 is 1.05 bits per heavy atom. The summed E-state index contributed by atoms with van der Waals surface area (Å²) in [6.45, 7) is 1.11. The van der Waals surface area contributed by atoms with Crippen molar-refractivity contribution in [3.05, 3.63) is 65.5 Å². The molecule has 0 saturated carbocycles. The van der Waals surface area contributed by atoms with E-state index in [4.69, 9.17) is 10.5 Å². The summed E-state index contributed by atoms with van der Waals surface area (Å²) in [5.74, 6) is -0.510. The van der Waals surface area contributed by atoms with Crippen molar-refractivity contribution in [3.8, 4) is 12.1 Å². The lowest BCUT2D eigenvalue weighted by Crippen LogP contribution is -2.23. The highest BCUT2D eigenvalue weighted by Gasteiger charge is 2.09. The predicted octanol–water partition coefficient (Wildman–Crippen LogP) is 3.62. The Bertz CT molecular complexity index is 683. The molecule has 0 N–H and O–H groups in total. The fraction of sp³-hybridized carbons (Fsp3) is 0.176. The summed E-state index contributed by atoms with van der Waals surface area (Å²) in [5.41, 5.74) is 1.88. The van der Waals surface area contributed by atoms with Crippen molar-refractivity contribution >= 4 is 5.69 Å². The maximum Gasteiger partial charge on any atom is 0.140 e. The number of nitriles is 2. The minimum atomic E-state index is -0.510. The van der Waals surface area contributed by atoms with Crippen molar-refractivity contribution in [2.75, 3.05) is 11.4 Å². The number of hydrogen-bond donors (Lipinski definition) is 0. The van der Waals surface area contributed by atoms with Gasteiger partial charge < -0.3 is 4.90 Å². The molecule has 3 nitrogen and oxygen atoms in total. The average molecular weight is 279 g/mol. The fourth-order valence-corrected chi connectivity index (χ4v) is 2.10. The van der Waals surface area contributed by atoms with Gasteiger partial charge in [-0.05, 0) is 29.8 Å². The Morgan fingerprint density at radius 3 is 2.48 bits per heavy atom. The van der Waals surface area contributed by atoms with Crippen LogP contribution in [0.25, 0.3) is 0 Å². The van der Waals surface area contributed by atoms with E-state index in [1.54, 1.807) is 12.1 Å². The molecule has 0 amide bonds. The van der Waals surface area contributed by atoms with Crippen LogP contribution < -0.4 is 4.90 Å². The molecule has 2 aromatic carbocycles. The quantitative estimate of drug-likeness (QED) is 0.840. The molecule has 0 spiro atoms. The molecular weight excluding hydrogens is 265 g/mol. The normalized spacial score (nSPS) is 9.67. The third-order valence-electron chi connectivity index (χ3n) is 3.14. The van der Waals surface area contributed by atoms with Gasteiger partial charge in [-0.25, -0.2) is 4.39 Å². The topological polar surface area (TPSA) is 50.8 Å². The van der Waals surface area contributed by atoms with Crippen LogP contribution in [-0.2, 0) is 6.54 Å². The van der Waals surface area contributed by atoms with E-state index < -0.39 is 5.82 Å². The van der Waals surface area contributed by atoms with E-state index in [0.29, 0.717) is 19.5 Å². The molecule has 0 bridgehead atoms. The molecular formula is C17H14FN3. The SMILES string of the molecule is N#CCCN(Cc1ccc(F)c(C#N)c1)c1ccccc1. The summed E-state index contributed by atoms with van der Waals surface area (Å²) >= 11 is 0. The molecule has 0 unspecified atom stereocenters. The monoisotopic (exact) mass is 279 g/mol. The van der Waals surface area contributed by atoms with E-state index in [9.17, 15) is 4.39 Å². The molecule has 4 heteroatoms. The van der Waals surface area contributed by atoms with E-state index in [2.05, 4.69) is 6.07 Å². The first kappa shape index (κ1) is 14.6. The molecule has 0 aromatic heterocycles. The first-order chi connectivity index (χ1) is 10.2. The first-order valence-corrected chi connectivity index (χ1v) is 6.60. The van der Waals surface area contributed by atoms with Gasteiger partial charge in [0.15, 0.2) is 0 Å². The third kappa shape index (κ3) is 3.81. The average Bonchev–Trinajstić information content (AvgIpc) is 2.53. The van der Waals surface area contributed by atoms with Gasteiger partial charge in [0.2, 0.25) is 0 Å². The summed E-state index contributed by atoms with van der Waals surface area (Å²) in [4.78, 5) is 2.04. The molecule has 2 rings (SSSR count). The van der Waals surface area contributed by atoms with Gasteiger partial charge in [-0.3, -0.25) is 0 Å². The highest BCUT2D eigenvalue weighted by Crippen LogP contribution is 2.18. The molecule has 2 aromatic rings. The summed E-state index contributed by atoms with van der Waals surface area (Å²) in [6.07, 6.45) is 0.404. The number of para-hydroxylation sites is 1. The van der Waals surface area contributed by atoms with Gasteiger partial charge in [-0.15, -0.1) is 0 Å². The first-order valence-electron chi connectivity index (χ1n) is 6.60. The van der Waals surface area contributed by atoms with Crippen molar-refractivity contribution in [2.45, 2.75) is 13.0 Å². The molecule has 0 aliphatic carbocycles. The molecule has 21 heavy (non-hydrogen) atoms. The summed E-state index contributed by atoms with van der Waals surface area (Å²) in [5, 5.41) is 17.7. The molecule has 0 aliphatic heterocycles. The molecule has 0 atom stereocenters. The van der Waals surface area contributed by atoms with Crippen LogP contribution in [0.1, 0.15) is 17.5 Å². The zero-order valence-corrected chi connectivity index (χ0v) is 11.5. The van der Waals surface area contributed by atoms with E-state index in [1.165, 1.54) is 6.07 Å². The van der Waals surface area contributed by atoms with Gasteiger partial charge in [0.25, 0.3) is 0 Å². The van der Waals surface area contributed by atoms with Crippen LogP contribution in [0.4, 0.5) is 10.1 Å². The Labute approximate surface area is 123 Å². The van der Waals surface area contributed by atoms with Gasteiger partial charge >= 0.3 is 0 Å². The van der Waals surface area contributed by atoms with Gasteiger partial charge in [0.1, 0.15) is 11.9 Å². The van der Waals surface area contributed by atoms with Crippen LogP contribution in [0.5, 0.6) is 0 Å². The van der Waals surface area contributed by atoms with Crippen LogP contribution in [0.3, 0.4) is 0 Å². The fourth-order valence-electron chi connectivity index (χ4n) is 2.10. The second-order valence-corrected chi connectivity index (χ2v) is 4.59. The molecule has 0 fully saturated rings. The maximum absolute atomic E-state index is 13.4. The zero-order valence-electron chi connectivity index (χ0n) is 11.5. The molecule has 0 heterocycles. The number of rotatable bonds is 5. The van der Waals surface area contributed by atoms with Crippen LogP contribution >= 0.6 is 0 Å². The van der Waals surface area contributed by atoms with Gasteiger partial charge in [0.05, 0.1) is 18.1 Å². The Kier molecular flexibility index (Phi) is 4.90. The number of anilines is 1. The largest absolute Gasteiger partial charge is 0.366 e. The standard InChI is InChI=1S/C17H14FN3/c18-17-8-7-14(11-15(17)12-20)13-21(10-4-9-19)16-5-2-1-3-6-16/h1-3,5-8,11H,4,10,13H2. The smallest absolute Gasteiger partial charge is 0.140 e. The molecule has 104 valence electrons. The van der Waals surface area contributed by atoms with E-state index >= 15 is 0 Å². The van der Waals surface area contributed by atoms with Gasteiger partial charge in [0, 0.05) is 18.8 Å². The summed E-state index contributed by atoms with van der Waals surface area (Å²) < 4.78 is 13.4. The summed E-state index contributed by atoms with van der Waals surface area (Å²) in [7, 11) is 0. The Balaban J connectivity index is 2.23. The predicted molar refractivity (Wildman–Crippen MR) is 78.8 cm³/mol. The van der Waals surface area contributed by atoms with Crippen molar-refractivity contribution in [2.24, 2.45) is 0 Å². The van der Waals surface area contributed by atoms with Crippen molar-refractivity contribution in [1.82, 2.24) is 0 Å². The maximum atomic E-state index is 13.4. The number of benzene rings is 2. The lowest BCUT2D eigenvalue weighted by atomic mass is 10.1. The van der Waals surface area contributed by atoms with Crippen molar-refractivity contribution in [3.63, 3.8) is 0 Å². The van der Waals surface area contributed by atoms with Gasteiger partial charge in [-0.1, -0.05) is 24.3 Å². The van der Waals surface area contributed by atoms with Crippen LogP contribution in [0, 0.1) is 28.5 Å².